The van der Waals surface area contributed by atoms with Crippen molar-refractivity contribution in [3.63, 3.8) is 0 Å². The number of ether oxygens (including phenoxy) is 1. The Kier molecular flexibility index (Phi) is 10.3. The van der Waals surface area contributed by atoms with Crippen molar-refractivity contribution in [1.82, 2.24) is 40.0 Å². The lowest BCUT2D eigenvalue weighted by Crippen LogP contribution is -2.47. The fraction of sp³-hybridized carbons (Fsp3) is 0.389. The van der Waals surface area contributed by atoms with Crippen molar-refractivity contribution in [2.75, 3.05) is 27.2 Å². The zero-order chi connectivity index (χ0) is 37.3. The van der Waals surface area contributed by atoms with Gasteiger partial charge in [-0.25, -0.2) is 28.3 Å². The van der Waals surface area contributed by atoms with E-state index in [1.807, 2.05) is 0 Å². The van der Waals surface area contributed by atoms with Crippen LogP contribution in [-0.2, 0) is 14.3 Å². The molecule has 0 radical (unpaired) electrons. The molecular formula is C36H40F2N8O6. The van der Waals surface area contributed by atoms with Gasteiger partial charge in [-0.3, -0.25) is 14.5 Å². The van der Waals surface area contributed by atoms with E-state index in [1.165, 1.54) is 45.6 Å². The van der Waals surface area contributed by atoms with Crippen molar-refractivity contribution in [3.8, 4) is 33.6 Å². The number of hydrogen-bond donors (Lipinski definition) is 4. The largest absolute Gasteiger partial charge is 0.465 e. The second-order valence-corrected chi connectivity index (χ2v) is 13.1. The van der Waals surface area contributed by atoms with E-state index in [9.17, 15) is 24.3 Å². The maximum atomic E-state index is 15.6. The quantitative estimate of drug-likeness (QED) is 0.176. The number of amides is 4. The molecule has 2 aliphatic heterocycles. The highest BCUT2D eigenvalue weighted by Crippen LogP contribution is 2.36. The Labute approximate surface area is 298 Å². The zero-order valence-corrected chi connectivity index (χ0v) is 29.2. The summed E-state index contributed by atoms with van der Waals surface area (Å²) in [5.41, 5.74) is 2.23. The fourth-order valence-corrected chi connectivity index (χ4v) is 6.86. The van der Waals surface area contributed by atoms with E-state index in [0.717, 1.165) is 11.3 Å². The van der Waals surface area contributed by atoms with E-state index < -0.39 is 41.9 Å². The molecule has 0 aliphatic carbocycles. The number of likely N-dealkylation sites (tertiary alicyclic amines) is 2. The molecule has 0 spiro atoms. The molecule has 0 bridgehead atoms. The minimum absolute atomic E-state index is 0.245. The molecule has 274 valence electrons. The lowest BCUT2D eigenvalue weighted by Gasteiger charge is -2.29. The third kappa shape index (κ3) is 7.05. The first-order valence-corrected chi connectivity index (χ1v) is 17.0. The normalized spacial score (nSPS) is 18.3. The fourth-order valence-electron chi connectivity index (χ4n) is 6.86. The van der Waals surface area contributed by atoms with Gasteiger partial charge in [-0.15, -0.1) is 0 Å². The average molecular weight is 719 g/mol. The molecule has 16 heteroatoms. The Morgan fingerprint density at radius 1 is 0.865 bits per heavy atom. The number of carbonyl (C=O) groups is 4. The summed E-state index contributed by atoms with van der Waals surface area (Å²) in [7, 11) is 2.57. The first-order chi connectivity index (χ1) is 24.9. The van der Waals surface area contributed by atoms with Gasteiger partial charge in [-0.1, -0.05) is 12.1 Å². The first-order valence-electron chi connectivity index (χ1n) is 17.0. The van der Waals surface area contributed by atoms with Gasteiger partial charge in [0.2, 0.25) is 11.8 Å². The van der Waals surface area contributed by atoms with Crippen LogP contribution in [0, 0.1) is 11.6 Å². The molecule has 6 rings (SSSR count). The predicted octanol–water partition coefficient (Wildman–Crippen LogP) is 5.48. The number of carboxylic acid groups (broad SMARTS) is 1. The number of carbonyl (C=O) groups excluding carboxylic acids is 3. The van der Waals surface area contributed by atoms with Gasteiger partial charge in [0.05, 0.1) is 43.0 Å². The summed E-state index contributed by atoms with van der Waals surface area (Å²) in [5, 5.41) is 11.8. The Morgan fingerprint density at radius 3 is 1.79 bits per heavy atom. The number of H-pyrrole nitrogens is 2. The third-order valence-corrected chi connectivity index (χ3v) is 9.88. The number of halogens is 2. The zero-order valence-electron chi connectivity index (χ0n) is 29.2. The van der Waals surface area contributed by atoms with Crippen LogP contribution in [0.5, 0.6) is 0 Å². The number of nitrogens with zero attached hydrogens (tertiary/aromatic N) is 5. The minimum Gasteiger partial charge on any atom is -0.465 e. The van der Waals surface area contributed by atoms with Crippen molar-refractivity contribution >= 4 is 24.0 Å². The molecule has 4 aromatic rings. The van der Waals surface area contributed by atoms with Gasteiger partial charge in [0.25, 0.3) is 0 Å². The van der Waals surface area contributed by atoms with Crippen LogP contribution in [0.25, 0.3) is 33.6 Å². The van der Waals surface area contributed by atoms with Gasteiger partial charge < -0.3 is 34.9 Å². The number of methoxy groups -OCH3 is 1. The number of likely N-dealkylation sites (N-methyl/N-ethyl adjacent to an activating group) is 1. The maximum Gasteiger partial charge on any atom is 0.407 e. The number of alkyl carbamates (subject to hydrolysis) is 1. The molecule has 0 unspecified atom stereocenters. The summed E-state index contributed by atoms with van der Waals surface area (Å²) in [6.45, 7) is 4.05. The van der Waals surface area contributed by atoms with Gasteiger partial charge in [0.15, 0.2) is 0 Å². The van der Waals surface area contributed by atoms with Crippen molar-refractivity contribution < 1.29 is 37.8 Å². The number of aromatic amines is 2. The lowest BCUT2D eigenvalue weighted by molar-refractivity contribution is -0.136. The van der Waals surface area contributed by atoms with Crippen LogP contribution < -0.4 is 5.32 Å². The standard InChI is InChI=1S/C36H40F2N8O6/c1-19(41-35(49)52-4)33(47)45-13-5-7-29(45)31-39-17-27(42-31)23-11-9-21(15-25(23)37)22-10-12-24(26(38)16-22)28-18-40-32(43-28)30-8-6-14-46(30)34(48)20(2)44(3)36(50)51/h9-12,15-20,29-30H,5-8,13-14H2,1-4H3,(H,39,42)(H,40,43)(H,41,49)(H,50,51)/t19-,20-,29-,30-/m0/s1. The SMILES string of the molecule is COC(=O)N[C@@H](C)C(=O)N1CCC[C@H]1c1ncc(-c2ccc(-c3ccc(-c4cnc([C@@H]5CCCN5C(=O)[C@H](C)N(C)C(=O)O)[nH]4)c(F)c3)cc2F)[nH]1. The molecule has 2 aliphatic rings. The molecule has 4 amide bonds. The van der Waals surface area contributed by atoms with Crippen molar-refractivity contribution in [2.24, 2.45) is 0 Å². The first kappa shape index (κ1) is 36.0. The Bertz CT molecular complexity index is 2000. The lowest BCUT2D eigenvalue weighted by atomic mass is 10.00. The highest BCUT2D eigenvalue weighted by Gasteiger charge is 2.37. The molecule has 14 nitrogen and oxygen atoms in total. The van der Waals surface area contributed by atoms with E-state index in [2.05, 4.69) is 30.0 Å². The van der Waals surface area contributed by atoms with E-state index in [1.54, 1.807) is 41.0 Å². The monoisotopic (exact) mass is 718 g/mol. The van der Waals surface area contributed by atoms with E-state index in [4.69, 9.17) is 0 Å². The maximum absolute atomic E-state index is 15.6. The van der Waals surface area contributed by atoms with E-state index in [0.29, 0.717) is 66.5 Å². The number of benzene rings is 2. The second-order valence-electron chi connectivity index (χ2n) is 13.1. The van der Waals surface area contributed by atoms with Crippen LogP contribution in [0.4, 0.5) is 18.4 Å². The number of aromatic nitrogens is 4. The Hall–Kier alpha value is -5.80. The number of imidazole rings is 2. The number of rotatable bonds is 9. The predicted molar refractivity (Wildman–Crippen MR) is 185 cm³/mol. The number of hydrogen-bond acceptors (Lipinski definition) is 7. The number of nitrogens with one attached hydrogen (secondary N) is 3. The van der Waals surface area contributed by atoms with Crippen molar-refractivity contribution in [2.45, 2.75) is 63.7 Å². The molecule has 0 saturated carbocycles. The molecular weight excluding hydrogens is 678 g/mol. The summed E-state index contributed by atoms with van der Waals surface area (Å²) >= 11 is 0. The molecule has 4 atom stereocenters. The van der Waals surface area contributed by atoms with Gasteiger partial charge in [-0.2, -0.15) is 0 Å². The Morgan fingerprint density at radius 2 is 1.35 bits per heavy atom. The van der Waals surface area contributed by atoms with Crippen LogP contribution >= 0.6 is 0 Å². The molecule has 2 aromatic carbocycles. The van der Waals surface area contributed by atoms with E-state index in [-0.39, 0.29) is 29.0 Å². The summed E-state index contributed by atoms with van der Waals surface area (Å²) in [5.74, 6) is -0.741. The van der Waals surface area contributed by atoms with Gasteiger partial charge in [0.1, 0.15) is 35.4 Å². The second kappa shape index (κ2) is 14.8. The summed E-state index contributed by atoms with van der Waals surface area (Å²) in [6.07, 6.45) is 3.83. The van der Waals surface area contributed by atoms with Crippen LogP contribution in [0.15, 0.2) is 48.8 Å². The van der Waals surface area contributed by atoms with Crippen LogP contribution in [0.2, 0.25) is 0 Å². The van der Waals surface area contributed by atoms with Gasteiger partial charge in [0, 0.05) is 31.3 Å². The van der Waals surface area contributed by atoms with Crippen LogP contribution in [0.3, 0.4) is 0 Å². The van der Waals surface area contributed by atoms with Crippen molar-refractivity contribution in [1.29, 1.82) is 0 Å². The molecule has 2 aromatic heterocycles. The topological polar surface area (TPSA) is 177 Å². The summed E-state index contributed by atoms with van der Waals surface area (Å²) < 4.78 is 35.7. The third-order valence-electron chi connectivity index (χ3n) is 9.88. The van der Waals surface area contributed by atoms with Gasteiger partial charge in [-0.05, 0) is 74.9 Å². The van der Waals surface area contributed by atoms with Crippen molar-refractivity contribution in [3.05, 3.63) is 72.1 Å². The molecule has 2 saturated heterocycles. The Balaban J connectivity index is 1.15. The van der Waals surface area contributed by atoms with E-state index >= 15 is 8.78 Å². The summed E-state index contributed by atoms with van der Waals surface area (Å²) in [6, 6.07) is 6.71. The summed E-state index contributed by atoms with van der Waals surface area (Å²) in [4.78, 5) is 68.5. The average Bonchev–Trinajstić information content (AvgIpc) is 3.97. The molecule has 2 fully saturated rings. The van der Waals surface area contributed by atoms with Crippen LogP contribution in [0.1, 0.15) is 63.3 Å². The molecule has 4 heterocycles. The smallest absolute Gasteiger partial charge is 0.407 e. The molecule has 4 N–H and O–H groups in total. The molecule has 52 heavy (non-hydrogen) atoms. The highest BCUT2D eigenvalue weighted by atomic mass is 19.1. The highest BCUT2D eigenvalue weighted by molar-refractivity contribution is 5.86. The minimum atomic E-state index is -1.20. The van der Waals surface area contributed by atoms with Crippen LogP contribution in [-0.4, -0.2) is 103 Å². The van der Waals surface area contributed by atoms with Gasteiger partial charge >= 0.3 is 12.2 Å².